The average molecular weight is 427 g/mol. The third-order valence-corrected chi connectivity index (χ3v) is 4.75. The largest absolute Gasteiger partial charge is 0.402 e. The molecule has 1 aromatic carbocycles. The molecule has 154 valence electrons. The zero-order valence-electron chi connectivity index (χ0n) is 16.4. The van der Waals surface area contributed by atoms with Crippen molar-refractivity contribution >= 4 is 46.1 Å². The molecule has 2 aliphatic rings. The van der Waals surface area contributed by atoms with Crippen LogP contribution in [0, 0.1) is 10.1 Å². The third kappa shape index (κ3) is 4.35. The smallest absolute Gasteiger partial charge is 0.363 e. The van der Waals surface area contributed by atoms with Crippen molar-refractivity contribution in [2.75, 3.05) is 5.75 Å². The second kappa shape index (κ2) is 8.82. The van der Waals surface area contributed by atoms with Crippen LogP contribution in [0.15, 0.2) is 62.9 Å². The van der Waals surface area contributed by atoms with Crippen LogP contribution in [0.2, 0.25) is 0 Å². The molecule has 30 heavy (non-hydrogen) atoms. The number of nitrogens with zero attached hydrogens (tertiary/aromatic N) is 5. The molecule has 0 saturated carbocycles. The summed E-state index contributed by atoms with van der Waals surface area (Å²) >= 11 is 1.36. The van der Waals surface area contributed by atoms with Gasteiger partial charge in [-0.1, -0.05) is 30.8 Å². The number of cyclic esters (lactones) is 1. The van der Waals surface area contributed by atoms with Crippen molar-refractivity contribution in [1.29, 1.82) is 0 Å². The van der Waals surface area contributed by atoms with Gasteiger partial charge in [0.15, 0.2) is 10.9 Å². The maximum Gasteiger partial charge on any atom is 0.363 e. The third-order valence-electron chi connectivity index (χ3n) is 3.94. The van der Waals surface area contributed by atoms with Crippen LogP contribution in [-0.4, -0.2) is 44.3 Å². The van der Waals surface area contributed by atoms with Crippen molar-refractivity contribution in [1.82, 2.24) is 5.01 Å². The van der Waals surface area contributed by atoms with Gasteiger partial charge in [-0.05, 0) is 30.9 Å². The fourth-order valence-electron chi connectivity index (χ4n) is 2.57. The number of nitro groups is 1. The highest BCUT2D eigenvalue weighted by atomic mass is 32.2. The molecule has 2 heterocycles. The Morgan fingerprint density at radius 3 is 2.63 bits per heavy atom. The van der Waals surface area contributed by atoms with Crippen molar-refractivity contribution in [3.8, 4) is 0 Å². The number of allylic oxidation sites excluding steroid dienone is 3. The van der Waals surface area contributed by atoms with Gasteiger partial charge < -0.3 is 4.74 Å². The van der Waals surface area contributed by atoms with Crippen LogP contribution in [0.25, 0.3) is 0 Å². The van der Waals surface area contributed by atoms with Crippen molar-refractivity contribution in [2.45, 2.75) is 20.8 Å². The van der Waals surface area contributed by atoms with E-state index < -0.39 is 10.9 Å². The second-order valence-electron chi connectivity index (χ2n) is 6.03. The second-order valence-corrected chi connectivity index (χ2v) is 7.26. The van der Waals surface area contributed by atoms with Gasteiger partial charge in [-0.15, -0.1) is 0 Å². The molecule has 1 amide bonds. The monoisotopic (exact) mass is 427 g/mol. The van der Waals surface area contributed by atoms with E-state index in [9.17, 15) is 19.7 Å². The number of carbonyl (C=O) groups is 2. The van der Waals surface area contributed by atoms with Gasteiger partial charge in [-0.2, -0.15) is 10.1 Å². The number of amides is 1. The van der Waals surface area contributed by atoms with Crippen LogP contribution in [-0.2, 0) is 14.3 Å². The first-order valence-electron chi connectivity index (χ1n) is 8.86. The molecule has 11 heteroatoms. The van der Waals surface area contributed by atoms with E-state index in [4.69, 9.17) is 4.74 Å². The summed E-state index contributed by atoms with van der Waals surface area (Å²) in [5.74, 6) is -0.437. The first-order valence-corrected chi connectivity index (χ1v) is 9.84. The number of rotatable bonds is 4. The summed E-state index contributed by atoms with van der Waals surface area (Å²) in [6, 6.07) is 5.87. The number of benzene rings is 1. The Hall–Kier alpha value is -3.60. The molecule has 0 spiro atoms. The Bertz CT molecular complexity index is 1090. The summed E-state index contributed by atoms with van der Waals surface area (Å²) in [5, 5.41) is 17.1. The predicted molar refractivity (Wildman–Crippen MR) is 113 cm³/mol. The molecule has 0 radical (unpaired) electrons. The predicted octanol–water partition coefficient (Wildman–Crippen LogP) is 3.01. The molecular weight excluding hydrogens is 410 g/mol. The molecule has 3 rings (SSSR count). The highest BCUT2D eigenvalue weighted by molar-refractivity contribution is 8.13. The Balaban J connectivity index is 1.94. The van der Waals surface area contributed by atoms with E-state index in [0.29, 0.717) is 22.3 Å². The fraction of sp³-hybridized carbons (Fsp3) is 0.211. The van der Waals surface area contributed by atoms with Gasteiger partial charge in [-0.3, -0.25) is 14.9 Å². The van der Waals surface area contributed by atoms with E-state index in [1.54, 1.807) is 13.0 Å². The Morgan fingerprint density at radius 1 is 1.27 bits per heavy atom. The number of aliphatic imine (C=N–C) groups is 2. The highest BCUT2D eigenvalue weighted by Crippen LogP contribution is 2.25. The number of hydrazone groups is 1. The molecule has 0 N–H and O–H groups in total. The summed E-state index contributed by atoms with van der Waals surface area (Å²) < 4.78 is 5.11. The summed E-state index contributed by atoms with van der Waals surface area (Å²) in [6.45, 7) is 5.01. The van der Waals surface area contributed by atoms with Gasteiger partial charge in [0, 0.05) is 13.0 Å². The zero-order valence-corrected chi connectivity index (χ0v) is 17.2. The van der Waals surface area contributed by atoms with Gasteiger partial charge in [0.2, 0.25) is 11.8 Å². The molecule has 10 nitrogen and oxygen atoms in total. The molecule has 0 aromatic heterocycles. The van der Waals surface area contributed by atoms with Crippen molar-refractivity contribution < 1.29 is 19.2 Å². The SMILES string of the molecule is CCSC1=N/C(=C\C=C2\N=C(c3ccccc3[N+](=O)[O-])OC2=O)C(C)=NN1C(C)=O. The molecular formula is C19H17N5O5S. The number of carbonyl (C=O) groups excluding carboxylic acids is 2. The average Bonchev–Trinajstić information content (AvgIpc) is 3.08. The van der Waals surface area contributed by atoms with Crippen molar-refractivity contribution in [3.63, 3.8) is 0 Å². The van der Waals surface area contributed by atoms with Crippen LogP contribution in [0.1, 0.15) is 26.3 Å². The van der Waals surface area contributed by atoms with E-state index >= 15 is 0 Å². The van der Waals surface area contributed by atoms with E-state index in [1.807, 2.05) is 6.92 Å². The summed E-state index contributed by atoms with van der Waals surface area (Å²) in [5.41, 5.74) is 0.806. The Morgan fingerprint density at radius 2 is 1.97 bits per heavy atom. The van der Waals surface area contributed by atoms with Crippen LogP contribution < -0.4 is 0 Å². The molecule has 0 bridgehead atoms. The van der Waals surface area contributed by atoms with E-state index in [1.165, 1.54) is 54.0 Å². The number of hydrogen-bond donors (Lipinski definition) is 0. The molecule has 0 aliphatic carbocycles. The van der Waals surface area contributed by atoms with Gasteiger partial charge in [0.05, 0.1) is 16.3 Å². The summed E-state index contributed by atoms with van der Waals surface area (Å²) in [4.78, 5) is 43.1. The minimum atomic E-state index is -0.733. The molecule has 0 saturated heterocycles. The number of amidine groups is 1. The normalized spacial score (nSPS) is 18.8. The Kier molecular flexibility index (Phi) is 6.21. The van der Waals surface area contributed by atoms with E-state index in [2.05, 4.69) is 15.1 Å². The number of hydrogen-bond acceptors (Lipinski definition) is 9. The van der Waals surface area contributed by atoms with E-state index in [0.717, 1.165) is 0 Å². The molecule has 0 atom stereocenters. The lowest BCUT2D eigenvalue weighted by atomic mass is 10.2. The molecule has 0 unspecified atom stereocenters. The van der Waals surface area contributed by atoms with Gasteiger partial charge in [0.1, 0.15) is 5.56 Å². The van der Waals surface area contributed by atoms with Gasteiger partial charge in [-0.25, -0.2) is 14.8 Å². The maximum absolute atomic E-state index is 12.2. The summed E-state index contributed by atoms with van der Waals surface area (Å²) in [6.07, 6.45) is 2.94. The van der Waals surface area contributed by atoms with E-state index in [-0.39, 0.29) is 28.8 Å². The first-order chi connectivity index (χ1) is 14.3. The Labute approximate surface area is 175 Å². The van der Waals surface area contributed by atoms with Crippen LogP contribution in [0.4, 0.5) is 5.69 Å². The molecule has 0 fully saturated rings. The standard InChI is InChI=1S/C19H17N5O5S/c1-4-30-19-21-14(11(2)22-23(19)12(3)25)9-10-15-18(26)29-17(20-15)13-7-5-6-8-16(13)24(27)28/h5-10H,4H2,1-3H3/b14-9-,15-10+. The zero-order chi connectivity index (χ0) is 21.8. The first kappa shape index (κ1) is 21.1. The van der Waals surface area contributed by atoms with Crippen molar-refractivity contribution in [2.24, 2.45) is 15.1 Å². The minimum Gasteiger partial charge on any atom is -0.402 e. The lowest BCUT2D eigenvalue weighted by Crippen LogP contribution is -2.32. The number of nitro benzene ring substituents is 1. The fourth-order valence-corrected chi connectivity index (χ4v) is 3.28. The van der Waals surface area contributed by atoms with Crippen LogP contribution in [0.5, 0.6) is 0 Å². The number of ether oxygens (including phenoxy) is 1. The van der Waals surface area contributed by atoms with Crippen LogP contribution >= 0.6 is 11.8 Å². The van der Waals surface area contributed by atoms with Crippen LogP contribution in [0.3, 0.4) is 0 Å². The summed E-state index contributed by atoms with van der Waals surface area (Å²) in [7, 11) is 0. The maximum atomic E-state index is 12.2. The molecule has 1 aromatic rings. The highest BCUT2D eigenvalue weighted by Gasteiger charge is 2.29. The number of esters is 1. The van der Waals surface area contributed by atoms with Crippen molar-refractivity contribution in [3.05, 3.63) is 63.5 Å². The molecule has 2 aliphatic heterocycles. The topological polar surface area (TPSA) is 127 Å². The lowest BCUT2D eigenvalue weighted by molar-refractivity contribution is -0.385. The number of para-hydroxylation sites is 1. The van der Waals surface area contributed by atoms with Gasteiger partial charge >= 0.3 is 5.97 Å². The quantitative estimate of drug-likeness (QED) is 0.315. The van der Waals surface area contributed by atoms with Gasteiger partial charge in [0.25, 0.3) is 5.69 Å². The minimum absolute atomic E-state index is 0.0302. The number of thioether (sulfide) groups is 1. The lowest BCUT2D eigenvalue weighted by Gasteiger charge is -2.22.